The van der Waals surface area contributed by atoms with Gasteiger partial charge >= 0.3 is 0 Å². The summed E-state index contributed by atoms with van der Waals surface area (Å²) in [5, 5.41) is 15.4. The molecule has 1 aliphatic rings. The van der Waals surface area contributed by atoms with E-state index in [2.05, 4.69) is 194 Å². The van der Waals surface area contributed by atoms with Crippen molar-refractivity contribution in [3.8, 4) is 44.5 Å². The summed E-state index contributed by atoms with van der Waals surface area (Å²) in [5.74, 6) is 0. The van der Waals surface area contributed by atoms with E-state index >= 15 is 0 Å². The molecule has 1 heterocycles. The van der Waals surface area contributed by atoms with Crippen LogP contribution >= 0.6 is 11.8 Å². The summed E-state index contributed by atoms with van der Waals surface area (Å²) in [6.45, 7) is 0. The zero-order chi connectivity index (χ0) is 36.0. The van der Waals surface area contributed by atoms with Gasteiger partial charge in [-0.3, -0.25) is 0 Å². The second kappa shape index (κ2) is 11.9. The average molecular weight is 713 g/mol. The van der Waals surface area contributed by atoms with Gasteiger partial charge in [0.25, 0.3) is 0 Å². The first kappa shape index (κ1) is 30.8. The van der Waals surface area contributed by atoms with E-state index < -0.39 is 0 Å². The van der Waals surface area contributed by atoms with E-state index in [1.165, 1.54) is 119 Å². The normalized spacial score (nSPS) is 12.3. The van der Waals surface area contributed by atoms with Crippen LogP contribution in [0.15, 0.2) is 204 Å². The standard InChI is InChI=1S/C54H32S/c1-2-13-35-29-36(24-23-33(35)11-1)37-25-26-38-31-49-41-28-27-39(32-51(41)55-50-22-10-21-47(54(49)50)48(38)30-37)52-43-16-5-7-18-45(43)53(46-19-8-6-17-44(46)52)42-20-9-14-34-12-3-4-15-40(34)42/h1-32H. The zero-order valence-electron chi connectivity index (χ0n) is 29.9. The van der Waals surface area contributed by atoms with Gasteiger partial charge in [0.1, 0.15) is 0 Å². The van der Waals surface area contributed by atoms with Crippen LogP contribution in [0.25, 0.3) is 109 Å². The Kier molecular flexibility index (Phi) is 6.66. The van der Waals surface area contributed by atoms with E-state index in [-0.39, 0.29) is 0 Å². The minimum atomic E-state index is 1.25. The summed E-state index contributed by atoms with van der Waals surface area (Å²) in [5.41, 5.74) is 10.2. The molecule has 0 saturated heterocycles. The zero-order valence-corrected chi connectivity index (χ0v) is 30.7. The number of hydrogen-bond acceptors (Lipinski definition) is 1. The molecule has 0 aliphatic carbocycles. The second-order valence-corrected chi connectivity index (χ2v) is 15.9. The maximum absolute atomic E-state index is 2.45. The van der Waals surface area contributed by atoms with Crippen LogP contribution in [0.2, 0.25) is 0 Å². The van der Waals surface area contributed by atoms with Crippen molar-refractivity contribution < 1.29 is 0 Å². The van der Waals surface area contributed by atoms with Gasteiger partial charge in [-0.2, -0.15) is 0 Å². The number of hydrogen-bond donors (Lipinski definition) is 0. The Morgan fingerprint density at radius 3 is 1.62 bits per heavy atom. The first-order valence-corrected chi connectivity index (χ1v) is 19.8. The lowest BCUT2D eigenvalue weighted by Crippen LogP contribution is -1.96. The van der Waals surface area contributed by atoms with Crippen molar-refractivity contribution >= 4 is 76.4 Å². The van der Waals surface area contributed by atoms with Crippen LogP contribution in [0.4, 0.5) is 0 Å². The Bertz CT molecular complexity index is 3340. The fourth-order valence-corrected chi connectivity index (χ4v) is 10.5. The monoisotopic (exact) mass is 712 g/mol. The van der Waals surface area contributed by atoms with Crippen molar-refractivity contribution in [2.75, 3.05) is 0 Å². The summed E-state index contributed by atoms with van der Waals surface area (Å²) >= 11 is 1.91. The highest BCUT2D eigenvalue weighted by Crippen LogP contribution is 2.52. The molecule has 0 radical (unpaired) electrons. The highest BCUT2D eigenvalue weighted by Gasteiger charge is 2.23. The van der Waals surface area contributed by atoms with Gasteiger partial charge in [0.05, 0.1) is 0 Å². The third kappa shape index (κ3) is 4.67. The van der Waals surface area contributed by atoms with Crippen molar-refractivity contribution in [3.63, 3.8) is 0 Å². The summed E-state index contributed by atoms with van der Waals surface area (Å²) in [6.07, 6.45) is 0. The van der Waals surface area contributed by atoms with Gasteiger partial charge in [-0.1, -0.05) is 176 Å². The molecule has 0 atom stereocenters. The van der Waals surface area contributed by atoms with Crippen LogP contribution in [0.1, 0.15) is 0 Å². The molecule has 1 aliphatic heterocycles. The molecule has 254 valence electrons. The van der Waals surface area contributed by atoms with Gasteiger partial charge in [0, 0.05) is 15.2 Å². The molecule has 0 spiro atoms. The smallest absolute Gasteiger partial charge is 0.0207 e. The molecule has 12 rings (SSSR count). The van der Waals surface area contributed by atoms with Crippen LogP contribution < -0.4 is 0 Å². The summed E-state index contributed by atoms with van der Waals surface area (Å²) < 4.78 is 0. The molecule has 1 heteroatoms. The first-order chi connectivity index (χ1) is 27.3. The van der Waals surface area contributed by atoms with Gasteiger partial charge in [-0.15, -0.1) is 0 Å². The maximum Gasteiger partial charge on any atom is 0.0207 e. The maximum atomic E-state index is 2.45. The van der Waals surface area contributed by atoms with Gasteiger partial charge in [0.2, 0.25) is 0 Å². The van der Waals surface area contributed by atoms with E-state index in [1.54, 1.807) is 0 Å². The van der Waals surface area contributed by atoms with Crippen molar-refractivity contribution in [1.82, 2.24) is 0 Å². The van der Waals surface area contributed by atoms with Gasteiger partial charge in [0.15, 0.2) is 0 Å². The van der Waals surface area contributed by atoms with Crippen LogP contribution in [0.5, 0.6) is 0 Å². The molecule has 0 amide bonds. The van der Waals surface area contributed by atoms with Crippen LogP contribution in [-0.2, 0) is 0 Å². The van der Waals surface area contributed by atoms with E-state index in [9.17, 15) is 0 Å². The second-order valence-electron chi connectivity index (χ2n) is 14.8. The van der Waals surface area contributed by atoms with Crippen LogP contribution in [0, 0.1) is 0 Å². The van der Waals surface area contributed by atoms with Crippen molar-refractivity contribution in [1.29, 1.82) is 0 Å². The lowest BCUT2D eigenvalue weighted by atomic mass is 9.84. The minimum absolute atomic E-state index is 1.25. The third-order valence-corrected chi connectivity index (χ3v) is 12.9. The molecule has 0 unspecified atom stereocenters. The van der Waals surface area contributed by atoms with Crippen LogP contribution in [0.3, 0.4) is 0 Å². The summed E-state index contributed by atoms with van der Waals surface area (Å²) in [4.78, 5) is 2.62. The Morgan fingerprint density at radius 1 is 0.255 bits per heavy atom. The molecular formula is C54H32S. The molecular weight excluding hydrogens is 681 g/mol. The lowest BCUT2D eigenvalue weighted by molar-refractivity contribution is 1.40. The first-order valence-electron chi connectivity index (χ1n) is 19.0. The predicted octanol–water partition coefficient (Wildman–Crippen LogP) is 15.7. The Hall–Kier alpha value is -6.67. The molecule has 0 aromatic heterocycles. The van der Waals surface area contributed by atoms with Gasteiger partial charge in [-0.05, 0) is 134 Å². The Morgan fingerprint density at radius 2 is 0.836 bits per heavy atom. The molecule has 0 nitrogen and oxygen atoms in total. The van der Waals surface area contributed by atoms with Crippen molar-refractivity contribution in [2.45, 2.75) is 9.79 Å². The average Bonchev–Trinajstić information content (AvgIpc) is 3.25. The molecule has 0 fully saturated rings. The Labute approximate surface area is 323 Å². The highest BCUT2D eigenvalue weighted by molar-refractivity contribution is 7.99. The largest absolute Gasteiger partial charge is 0.0888 e. The fraction of sp³-hybridized carbons (Fsp3) is 0. The lowest BCUT2D eigenvalue weighted by Gasteiger charge is -2.23. The number of benzene rings is 11. The van der Waals surface area contributed by atoms with Crippen molar-refractivity contribution in [2.24, 2.45) is 0 Å². The summed E-state index contributed by atoms with van der Waals surface area (Å²) in [6, 6.07) is 72.3. The predicted molar refractivity (Wildman–Crippen MR) is 237 cm³/mol. The quantitative estimate of drug-likeness (QED) is 0.130. The molecule has 0 saturated carbocycles. The third-order valence-electron chi connectivity index (χ3n) is 11.8. The van der Waals surface area contributed by atoms with E-state index in [0.29, 0.717) is 0 Å². The van der Waals surface area contributed by atoms with Crippen molar-refractivity contribution in [3.05, 3.63) is 194 Å². The number of rotatable bonds is 3. The van der Waals surface area contributed by atoms with Gasteiger partial charge < -0.3 is 0 Å². The summed E-state index contributed by atoms with van der Waals surface area (Å²) in [7, 11) is 0. The van der Waals surface area contributed by atoms with E-state index in [0.717, 1.165) is 0 Å². The van der Waals surface area contributed by atoms with E-state index in [1.807, 2.05) is 11.8 Å². The van der Waals surface area contributed by atoms with Crippen LogP contribution in [-0.4, -0.2) is 0 Å². The fourth-order valence-electron chi connectivity index (χ4n) is 9.30. The van der Waals surface area contributed by atoms with Gasteiger partial charge in [-0.25, -0.2) is 0 Å². The Balaban J connectivity index is 1.04. The molecule has 11 aromatic carbocycles. The molecule has 55 heavy (non-hydrogen) atoms. The SMILES string of the molecule is c1ccc2cc(-c3ccc4cc5c6c(cccc6c4c3)Sc3cc(-c4c6ccccc6c(-c6cccc7ccccc67)c6ccccc46)ccc3-5)ccc2c1. The van der Waals surface area contributed by atoms with E-state index in [4.69, 9.17) is 0 Å². The topological polar surface area (TPSA) is 0 Å². The number of fused-ring (bicyclic) bond motifs is 8. The minimum Gasteiger partial charge on any atom is -0.0888 e. The highest BCUT2D eigenvalue weighted by atomic mass is 32.2. The molecule has 0 N–H and O–H groups in total. The molecule has 11 aromatic rings. The molecule has 0 bridgehead atoms.